The Labute approximate surface area is 106 Å². The van der Waals surface area contributed by atoms with Gasteiger partial charge >= 0.3 is 0 Å². The molecule has 0 spiro atoms. The van der Waals surface area contributed by atoms with E-state index in [0.29, 0.717) is 0 Å². The number of hydrogen-bond acceptors (Lipinski definition) is 3. The molecule has 0 unspecified atom stereocenters. The Hall–Kier alpha value is -1.09. The highest BCUT2D eigenvalue weighted by Gasteiger charge is 2.13. The molecule has 2 rings (SSSR count). The van der Waals surface area contributed by atoms with Crippen LogP contribution in [0.15, 0.2) is 24.5 Å². The first kappa shape index (κ1) is 15.9. The number of hydrogen-bond donors (Lipinski definition) is 0. The molecule has 0 aliphatic carbocycles. The van der Waals surface area contributed by atoms with Crippen molar-refractivity contribution in [1.29, 1.82) is 0 Å². The maximum absolute atomic E-state index is 4.02. The summed E-state index contributed by atoms with van der Waals surface area (Å²) in [5.41, 5.74) is 1.29. The Morgan fingerprint density at radius 3 is 1.82 bits per heavy atom. The molecule has 1 aromatic rings. The summed E-state index contributed by atoms with van der Waals surface area (Å²) in [6, 6.07) is 4.15. The van der Waals surface area contributed by atoms with Crippen LogP contribution in [0.4, 0.5) is 5.69 Å². The lowest BCUT2D eigenvalue weighted by Gasteiger charge is -2.33. The summed E-state index contributed by atoms with van der Waals surface area (Å²) in [7, 11) is 2.17. The molecule has 0 atom stereocenters. The van der Waals surface area contributed by atoms with Gasteiger partial charge in [-0.3, -0.25) is 4.98 Å². The number of nitrogens with zero attached hydrogens (tertiary/aromatic N) is 3. The van der Waals surface area contributed by atoms with E-state index >= 15 is 0 Å². The van der Waals surface area contributed by atoms with Gasteiger partial charge in [0, 0.05) is 44.3 Å². The van der Waals surface area contributed by atoms with Crippen LogP contribution in [0.2, 0.25) is 0 Å². The van der Waals surface area contributed by atoms with Crippen LogP contribution in [0.5, 0.6) is 0 Å². The number of piperazine rings is 1. The standard InChI is InChI=1S/C10H15N3.2C2H6/c1-12-6-8-13(9-7-12)10-2-4-11-5-3-10;2*1-2/h2-5H,6-9H2,1H3;2*1-2H3. The molecular formula is C14H27N3. The third kappa shape index (κ3) is 5.68. The molecule has 0 amide bonds. The van der Waals surface area contributed by atoms with Crippen LogP contribution in [-0.4, -0.2) is 43.1 Å². The third-order valence-corrected chi connectivity index (χ3v) is 2.53. The fourth-order valence-electron chi connectivity index (χ4n) is 1.62. The van der Waals surface area contributed by atoms with Crippen LogP contribution < -0.4 is 4.90 Å². The number of aromatic nitrogens is 1. The van der Waals surface area contributed by atoms with E-state index in [9.17, 15) is 0 Å². The average Bonchev–Trinajstić information content (AvgIpc) is 2.45. The quantitative estimate of drug-likeness (QED) is 0.748. The Kier molecular flexibility index (Phi) is 9.44. The zero-order valence-corrected chi connectivity index (χ0v) is 12.0. The molecule has 1 saturated heterocycles. The van der Waals surface area contributed by atoms with Gasteiger partial charge in [0.15, 0.2) is 0 Å². The smallest absolute Gasteiger partial charge is 0.0397 e. The highest BCUT2D eigenvalue weighted by atomic mass is 15.2. The highest BCUT2D eigenvalue weighted by molar-refractivity contribution is 5.44. The van der Waals surface area contributed by atoms with E-state index in [1.807, 2.05) is 40.1 Å². The molecule has 1 fully saturated rings. The summed E-state index contributed by atoms with van der Waals surface area (Å²) >= 11 is 0. The van der Waals surface area contributed by atoms with Crippen LogP contribution in [0, 0.1) is 0 Å². The maximum atomic E-state index is 4.02. The van der Waals surface area contributed by atoms with E-state index in [2.05, 4.69) is 34.0 Å². The van der Waals surface area contributed by atoms with Gasteiger partial charge in [0.05, 0.1) is 0 Å². The van der Waals surface area contributed by atoms with Crippen LogP contribution in [-0.2, 0) is 0 Å². The van der Waals surface area contributed by atoms with E-state index in [1.54, 1.807) is 0 Å². The van der Waals surface area contributed by atoms with Crippen molar-refractivity contribution >= 4 is 5.69 Å². The molecule has 0 bridgehead atoms. The normalized spacial score (nSPS) is 15.2. The first-order valence-corrected chi connectivity index (χ1v) is 6.70. The highest BCUT2D eigenvalue weighted by Crippen LogP contribution is 2.13. The molecule has 0 N–H and O–H groups in total. The van der Waals surface area contributed by atoms with Crippen LogP contribution in [0.1, 0.15) is 27.7 Å². The van der Waals surface area contributed by atoms with Crippen molar-refractivity contribution in [2.45, 2.75) is 27.7 Å². The third-order valence-electron chi connectivity index (χ3n) is 2.53. The first-order valence-electron chi connectivity index (χ1n) is 6.70. The summed E-state index contributed by atoms with van der Waals surface area (Å²) < 4.78 is 0. The Morgan fingerprint density at radius 2 is 1.35 bits per heavy atom. The summed E-state index contributed by atoms with van der Waals surface area (Å²) in [6.07, 6.45) is 3.71. The maximum Gasteiger partial charge on any atom is 0.0397 e. The molecule has 17 heavy (non-hydrogen) atoms. The van der Waals surface area contributed by atoms with E-state index in [0.717, 1.165) is 26.2 Å². The molecule has 3 nitrogen and oxygen atoms in total. The molecule has 0 aromatic carbocycles. The number of pyridine rings is 1. The molecule has 1 aliphatic rings. The molecule has 3 heteroatoms. The van der Waals surface area contributed by atoms with Crippen molar-refractivity contribution in [2.24, 2.45) is 0 Å². The summed E-state index contributed by atoms with van der Waals surface area (Å²) in [6.45, 7) is 12.6. The van der Waals surface area contributed by atoms with Gasteiger partial charge in [-0.15, -0.1) is 0 Å². The zero-order chi connectivity index (χ0) is 13.1. The second-order valence-corrected chi connectivity index (χ2v) is 3.50. The van der Waals surface area contributed by atoms with Gasteiger partial charge in [-0.05, 0) is 19.2 Å². The van der Waals surface area contributed by atoms with Crippen LogP contribution >= 0.6 is 0 Å². The summed E-state index contributed by atoms with van der Waals surface area (Å²) in [5, 5.41) is 0. The molecule has 1 aromatic heterocycles. The van der Waals surface area contributed by atoms with Crippen LogP contribution in [0.3, 0.4) is 0 Å². The van der Waals surface area contributed by atoms with Crippen molar-refractivity contribution < 1.29 is 0 Å². The Bertz CT molecular complexity index is 253. The van der Waals surface area contributed by atoms with Crippen molar-refractivity contribution in [3.8, 4) is 0 Å². The zero-order valence-electron chi connectivity index (χ0n) is 12.0. The van der Waals surface area contributed by atoms with Gasteiger partial charge in [0.2, 0.25) is 0 Å². The van der Waals surface area contributed by atoms with Crippen molar-refractivity contribution in [3.63, 3.8) is 0 Å². The van der Waals surface area contributed by atoms with Gasteiger partial charge in [-0.2, -0.15) is 0 Å². The minimum atomic E-state index is 1.13. The second kappa shape index (κ2) is 10.1. The fourth-order valence-corrected chi connectivity index (χ4v) is 1.62. The molecule has 0 radical (unpaired) electrons. The predicted molar refractivity (Wildman–Crippen MR) is 76.6 cm³/mol. The van der Waals surface area contributed by atoms with E-state index in [1.165, 1.54) is 5.69 Å². The van der Waals surface area contributed by atoms with Crippen molar-refractivity contribution in [2.75, 3.05) is 38.1 Å². The SMILES string of the molecule is CC.CC.CN1CCN(c2ccncc2)CC1. The molecular weight excluding hydrogens is 210 g/mol. The number of anilines is 1. The topological polar surface area (TPSA) is 19.4 Å². The first-order chi connectivity index (χ1) is 8.36. The Morgan fingerprint density at radius 1 is 0.882 bits per heavy atom. The molecule has 0 saturated carbocycles. The van der Waals surface area contributed by atoms with E-state index in [-0.39, 0.29) is 0 Å². The monoisotopic (exact) mass is 237 g/mol. The van der Waals surface area contributed by atoms with Gasteiger partial charge in [0.25, 0.3) is 0 Å². The van der Waals surface area contributed by atoms with Crippen LogP contribution in [0.25, 0.3) is 0 Å². The van der Waals surface area contributed by atoms with Gasteiger partial charge in [-0.25, -0.2) is 0 Å². The van der Waals surface area contributed by atoms with Gasteiger partial charge < -0.3 is 9.80 Å². The molecule has 1 aliphatic heterocycles. The largest absolute Gasteiger partial charge is 0.369 e. The lowest BCUT2D eigenvalue weighted by Crippen LogP contribution is -2.44. The lowest BCUT2D eigenvalue weighted by atomic mass is 10.3. The summed E-state index contributed by atoms with van der Waals surface area (Å²) in [4.78, 5) is 8.78. The van der Waals surface area contributed by atoms with Gasteiger partial charge in [0.1, 0.15) is 0 Å². The van der Waals surface area contributed by atoms with Gasteiger partial charge in [-0.1, -0.05) is 27.7 Å². The fraction of sp³-hybridized carbons (Fsp3) is 0.643. The van der Waals surface area contributed by atoms with Crippen molar-refractivity contribution in [3.05, 3.63) is 24.5 Å². The van der Waals surface area contributed by atoms with Crippen molar-refractivity contribution in [1.82, 2.24) is 9.88 Å². The molecule has 2 heterocycles. The van der Waals surface area contributed by atoms with E-state index in [4.69, 9.17) is 0 Å². The minimum absolute atomic E-state index is 1.13. The lowest BCUT2D eigenvalue weighted by molar-refractivity contribution is 0.313. The van der Waals surface area contributed by atoms with E-state index < -0.39 is 0 Å². The number of rotatable bonds is 1. The summed E-state index contributed by atoms with van der Waals surface area (Å²) in [5.74, 6) is 0. The average molecular weight is 237 g/mol. The Balaban J connectivity index is 0.000000581. The molecule has 98 valence electrons. The second-order valence-electron chi connectivity index (χ2n) is 3.50. The predicted octanol–water partition coefficient (Wildman–Crippen LogP) is 2.89. The number of likely N-dealkylation sites (N-methyl/N-ethyl adjacent to an activating group) is 1. The minimum Gasteiger partial charge on any atom is -0.369 e.